The molecule has 9 heteroatoms. The van der Waals surface area contributed by atoms with Crippen molar-refractivity contribution in [1.29, 1.82) is 0 Å². The van der Waals surface area contributed by atoms with Gasteiger partial charge in [0.2, 0.25) is 10.0 Å². The second-order valence-electron chi connectivity index (χ2n) is 6.36. The van der Waals surface area contributed by atoms with Crippen LogP contribution in [0.5, 0.6) is 0 Å². The van der Waals surface area contributed by atoms with E-state index >= 15 is 0 Å². The van der Waals surface area contributed by atoms with E-state index in [0.29, 0.717) is 18.6 Å². The summed E-state index contributed by atoms with van der Waals surface area (Å²) < 4.78 is 77.9. The molecule has 4 nitrogen and oxygen atoms in total. The van der Waals surface area contributed by atoms with Crippen LogP contribution in [0, 0.1) is 11.2 Å². The van der Waals surface area contributed by atoms with Crippen LogP contribution in [0.3, 0.4) is 0 Å². The first-order valence-electron chi connectivity index (χ1n) is 6.98. The maximum Gasteiger partial charge on any atom is 0.419 e. The SMILES string of the molecule is CC1(C)CN(S(=O)(=O)c2ccc(F)c(C(F)(F)F)c2)CCC1N. The Bertz CT molecular complexity index is 701. The number of hydrogen-bond donors (Lipinski definition) is 1. The van der Waals surface area contributed by atoms with Crippen LogP contribution < -0.4 is 5.73 Å². The number of sulfonamides is 1. The first-order chi connectivity index (χ1) is 10.4. The minimum Gasteiger partial charge on any atom is -0.327 e. The molecule has 1 aromatic rings. The van der Waals surface area contributed by atoms with Crippen LogP contribution in [0.25, 0.3) is 0 Å². The van der Waals surface area contributed by atoms with E-state index in [1.54, 1.807) is 13.8 Å². The normalized spacial score (nSPS) is 23.0. The Labute approximate surface area is 132 Å². The predicted molar refractivity (Wildman–Crippen MR) is 76.5 cm³/mol. The monoisotopic (exact) mass is 354 g/mol. The van der Waals surface area contributed by atoms with Gasteiger partial charge in [-0.15, -0.1) is 0 Å². The Hall–Kier alpha value is -1.19. The molecule has 1 aliphatic heterocycles. The van der Waals surface area contributed by atoms with Crippen molar-refractivity contribution in [1.82, 2.24) is 4.31 Å². The molecular formula is C14H18F4N2O2S. The van der Waals surface area contributed by atoms with Gasteiger partial charge < -0.3 is 5.73 Å². The van der Waals surface area contributed by atoms with Gasteiger partial charge in [0.15, 0.2) is 0 Å². The van der Waals surface area contributed by atoms with Gasteiger partial charge in [0.25, 0.3) is 0 Å². The van der Waals surface area contributed by atoms with Gasteiger partial charge in [0.1, 0.15) is 5.82 Å². The van der Waals surface area contributed by atoms with E-state index in [1.807, 2.05) is 0 Å². The lowest BCUT2D eigenvalue weighted by Gasteiger charge is -2.41. The second kappa shape index (κ2) is 5.71. The van der Waals surface area contributed by atoms with Crippen LogP contribution in [0.4, 0.5) is 17.6 Å². The molecule has 1 aromatic carbocycles. The molecule has 0 saturated carbocycles. The highest BCUT2D eigenvalue weighted by Gasteiger charge is 2.40. The zero-order chi connectivity index (χ0) is 17.6. The maximum atomic E-state index is 13.3. The average Bonchev–Trinajstić information content (AvgIpc) is 2.40. The van der Waals surface area contributed by atoms with E-state index in [9.17, 15) is 26.0 Å². The van der Waals surface area contributed by atoms with Crippen molar-refractivity contribution in [2.45, 2.75) is 37.4 Å². The summed E-state index contributed by atoms with van der Waals surface area (Å²) in [6, 6.07) is 1.51. The van der Waals surface area contributed by atoms with Crippen LogP contribution in [0.1, 0.15) is 25.8 Å². The zero-order valence-corrected chi connectivity index (χ0v) is 13.5. The molecule has 1 aliphatic rings. The van der Waals surface area contributed by atoms with Gasteiger partial charge in [-0.05, 0) is 30.0 Å². The molecule has 1 heterocycles. The zero-order valence-electron chi connectivity index (χ0n) is 12.7. The van der Waals surface area contributed by atoms with Crippen LogP contribution in [0.15, 0.2) is 23.1 Å². The van der Waals surface area contributed by atoms with E-state index in [1.165, 1.54) is 0 Å². The summed E-state index contributed by atoms with van der Waals surface area (Å²) in [6.45, 7) is 3.80. The number of nitrogens with zero attached hydrogens (tertiary/aromatic N) is 1. The highest BCUT2D eigenvalue weighted by atomic mass is 32.2. The molecule has 0 aliphatic carbocycles. The predicted octanol–water partition coefficient (Wildman–Crippen LogP) is 2.59. The van der Waals surface area contributed by atoms with E-state index in [0.717, 1.165) is 10.4 Å². The summed E-state index contributed by atoms with van der Waals surface area (Å²) in [5, 5.41) is 0. The third-order valence-corrected chi connectivity index (χ3v) is 6.00. The quantitative estimate of drug-likeness (QED) is 0.831. The summed E-state index contributed by atoms with van der Waals surface area (Å²) in [4.78, 5) is -0.572. The Morgan fingerprint density at radius 3 is 2.43 bits per heavy atom. The van der Waals surface area contributed by atoms with Gasteiger partial charge in [-0.3, -0.25) is 0 Å². The summed E-state index contributed by atoms with van der Waals surface area (Å²) in [7, 11) is -4.14. The molecule has 1 fully saturated rings. The number of halogens is 4. The largest absolute Gasteiger partial charge is 0.419 e. The minimum absolute atomic E-state index is 0.0925. The Morgan fingerprint density at radius 2 is 1.91 bits per heavy atom. The van der Waals surface area contributed by atoms with Gasteiger partial charge in [-0.25, -0.2) is 12.8 Å². The first kappa shape index (κ1) is 18.2. The molecular weight excluding hydrogens is 336 g/mol. The Kier molecular flexibility index (Phi) is 4.51. The highest BCUT2D eigenvalue weighted by Crippen LogP contribution is 2.35. The van der Waals surface area contributed by atoms with Gasteiger partial charge in [-0.2, -0.15) is 17.5 Å². The third kappa shape index (κ3) is 3.51. The van der Waals surface area contributed by atoms with Gasteiger partial charge >= 0.3 is 6.18 Å². The molecule has 1 atom stereocenters. The summed E-state index contributed by atoms with van der Waals surface area (Å²) >= 11 is 0. The lowest BCUT2D eigenvalue weighted by molar-refractivity contribution is -0.140. The van der Waals surface area contributed by atoms with Crippen molar-refractivity contribution >= 4 is 10.0 Å². The van der Waals surface area contributed by atoms with E-state index in [2.05, 4.69) is 0 Å². The van der Waals surface area contributed by atoms with E-state index in [4.69, 9.17) is 5.73 Å². The Morgan fingerprint density at radius 1 is 1.30 bits per heavy atom. The molecule has 0 radical (unpaired) electrons. The van der Waals surface area contributed by atoms with Crippen LogP contribution in [-0.4, -0.2) is 31.9 Å². The molecule has 1 unspecified atom stereocenters. The van der Waals surface area contributed by atoms with Gasteiger partial charge in [0, 0.05) is 19.1 Å². The fraction of sp³-hybridized carbons (Fsp3) is 0.571. The van der Waals surface area contributed by atoms with Crippen molar-refractivity contribution in [2.24, 2.45) is 11.1 Å². The summed E-state index contributed by atoms with van der Waals surface area (Å²) in [5.41, 5.74) is 3.84. The van der Waals surface area contributed by atoms with Crippen molar-refractivity contribution in [2.75, 3.05) is 13.1 Å². The Balaban J connectivity index is 2.41. The molecule has 130 valence electrons. The fourth-order valence-corrected chi connectivity index (χ4v) is 4.21. The summed E-state index contributed by atoms with van der Waals surface area (Å²) in [5.74, 6) is -1.50. The van der Waals surface area contributed by atoms with Crippen molar-refractivity contribution in [3.05, 3.63) is 29.6 Å². The van der Waals surface area contributed by atoms with Crippen LogP contribution in [0.2, 0.25) is 0 Å². The van der Waals surface area contributed by atoms with Crippen molar-refractivity contribution < 1.29 is 26.0 Å². The molecule has 0 bridgehead atoms. The topological polar surface area (TPSA) is 63.4 Å². The summed E-state index contributed by atoms with van der Waals surface area (Å²) in [6.07, 6.45) is -4.56. The van der Waals surface area contributed by atoms with E-state index in [-0.39, 0.29) is 19.1 Å². The van der Waals surface area contributed by atoms with Crippen molar-refractivity contribution in [3.63, 3.8) is 0 Å². The second-order valence-corrected chi connectivity index (χ2v) is 8.30. The third-order valence-electron chi connectivity index (χ3n) is 4.16. The smallest absolute Gasteiger partial charge is 0.327 e. The molecule has 2 N–H and O–H groups in total. The van der Waals surface area contributed by atoms with Gasteiger partial charge in [0.05, 0.1) is 10.5 Å². The molecule has 0 aromatic heterocycles. The number of alkyl halides is 3. The van der Waals surface area contributed by atoms with Crippen LogP contribution >= 0.6 is 0 Å². The highest BCUT2D eigenvalue weighted by molar-refractivity contribution is 7.89. The molecule has 2 rings (SSSR count). The van der Waals surface area contributed by atoms with Crippen LogP contribution in [-0.2, 0) is 16.2 Å². The average molecular weight is 354 g/mol. The van der Waals surface area contributed by atoms with Crippen molar-refractivity contribution in [3.8, 4) is 0 Å². The standard InChI is InChI=1S/C14H18F4N2O2S/c1-13(2)8-20(6-5-12(13)19)23(21,22)9-3-4-11(15)10(7-9)14(16,17)18/h3-4,7,12H,5-6,8,19H2,1-2H3. The minimum atomic E-state index is -4.96. The number of piperidine rings is 1. The van der Waals surface area contributed by atoms with E-state index < -0.39 is 37.9 Å². The molecule has 1 saturated heterocycles. The number of nitrogens with two attached hydrogens (primary N) is 1. The number of benzene rings is 1. The number of rotatable bonds is 2. The maximum absolute atomic E-state index is 13.3. The fourth-order valence-electron chi connectivity index (χ4n) is 2.56. The lowest BCUT2D eigenvalue weighted by atomic mass is 9.81. The lowest BCUT2D eigenvalue weighted by Crippen LogP contribution is -2.53. The first-order valence-corrected chi connectivity index (χ1v) is 8.42. The van der Waals surface area contributed by atoms with Gasteiger partial charge in [-0.1, -0.05) is 13.8 Å². The molecule has 0 amide bonds. The number of hydrogen-bond acceptors (Lipinski definition) is 3. The molecule has 0 spiro atoms. The molecule has 23 heavy (non-hydrogen) atoms.